The van der Waals surface area contributed by atoms with E-state index < -0.39 is 0 Å². The summed E-state index contributed by atoms with van der Waals surface area (Å²) in [6.45, 7) is 4.44. The summed E-state index contributed by atoms with van der Waals surface area (Å²) >= 11 is 10.1. The van der Waals surface area contributed by atoms with Gasteiger partial charge in [0.25, 0.3) is 0 Å². The minimum Gasteiger partial charge on any atom is -0.376 e. The Balaban J connectivity index is 3.04. The predicted octanol–water partition coefficient (Wildman–Crippen LogP) is 5.24. The van der Waals surface area contributed by atoms with Gasteiger partial charge in [0.15, 0.2) is 10.2 Å². The van der Waals surface area contributed by atoms with Gasteiger partial charge in [-0.2, -0.15) is 0 Å². The maximum atomic E-state index is 5.74. The maximum Gasteiger partial charge on any atom is 0.168 e. The molecule has 6 heteroatoms. The fourth-order valence-corrected chi connectivity index (χ4v) is 3.31. The summed E-state index contributed by atoms with van der Waals surface area (Å²) in [4.78, 5) is 0. The third kappa shape index (κ3) is 8.81. The second-order valence-electron chi connectivity index (χ2n) is 6.77. The number of nitrogens with two attached hydrogens (primary N) is 2. The molecule has 0 aliphatic rings. The Morgan fingerprint density at radius 3 is 1.42 bits per heavy atom. The van der Waals surface area contributed by atoms with E-state index in [2.05, 4.69) is 36.6 Å². The van der Waals surface area contributed by atoms with Gasteiger partial charge in [0, 0.05) is 11.4 Å². The first kappa shape index (κ1) is 22.6. The Morgan fingerprint density at radius 2 is 1.12 bits per heavy atom. The lowest BCUT2D eigenvalue weighted by Crippen LogP contribution is -2.22. The average molecular weight is 395 g/mol. The standard InChI is InChI=1S/C20H34N4S2/c1-3-5-7-9-11-15-13-18(24-20(22)26)16(12-10-8-6-4-2)14-17(15)23-19(21)25/h13-14H,3-12H2,1-2H3,(H3,21,23,25)(H3,22,24,26). The molecule has 0 saturated carbocycles. The number of hydrogen-bond acceptors (Lipinski definition) is 2. The molecule has 0 bridgehead atoms. The zero-order valence-electron chi connectivity index (χ0n) is 16.2. The smallest absolute Gasteiger partial charge is 0.168 e. The lowest BCUT2D eigenvalue weighted by Gasteiger charge is -2.18. The summed E-state index contributed by atoms with van der Waals surface area (Å²) in [5.41, 5.74) is 15.9. The van der Waals surface area contributed by atoms with Crippen molar-refractivity contribution in [1.82, 2.24) is 0 Å². The fourth-order valence-electron chi connectivity index (χ4n) is 3.09. The second kappa shape index (κ2) is 12.9. The fraction of sp³-hybridized carbons (Fsp3) is 0.600. The molecule has 0 radical (unpaired) electrons. The summed E-state index contributed by atoms with van der Waals surface area (Å²) in [7, 11) is 0. The number of unbranched alkanes of at least 4 members (excludes halogenated alkanes) is 6. The molecule has 6 N–H and O–H groups in total. The van der Waals surface area contributed by atoms with E-state index in [1.165, 1.54) is 49.7 Å². The average Bonchev–Trinajstić information content (AvgIpc) is 2.57. The number of aryl methyl sites for hydroxylation is 2. The molecule has 4 nitrogen and oxygen atoms in total. The third-order valence-corrected chi connectivity index (χ3v) is 4.65. The predicted molar refractivity (Wildman–Crippen MR) is 123 cm³/mol. The third-order valence-electron chi connectivity index (χ3n) is 4.44. The van der Waals surface area contributed by atoms with Crippen LogP contribution < -0.4 is 22.1 Å². The van der Waals surface area contributed by atoms with Gasteiger partial charge in [-0.1, -0.05) is 52.4 Å². The first-order valence-corrected chi connectivity index (χ1v) is 10.6. The molecular formula is C20H34N4S2. The van der Waals surface area contributed by atoms with Crippen LogP contribution in [0.25, 0.3) is 0 Å². The number of rotatable bonds is 12. The lowest BCUT2D eigenvalue weighted by atomic mass is 9.97. The Hall–Kier alpha value is -1.40. The number of benzene rings is 1. The van der Waals surface area contributed by atoms with Crippen molar-refractivity contribution in [3.8, 4) is 0 Å². The molecule has 1 aromatic carbocycles. The van der Waals surface area contributed by atoms with Gasteiger partial charge in [0.2, 0.25) is 0 Å². The summed E-state index contributed by atoms with van der Waals surface area (Å²) in [5.74, 6) is 0. The van der Waals surface area contributed by atoms with Crippen LogP contribution in [0, 0.1) is 0 Å². The van der Waals surface area contributed by atoms with E-state index in [0.717, 1.165) is 37.1 Å². The van der Waals surface area contributed by atoms with Crippen LogP contribution in [0.3, 0.4) is 0 Å². The number of hydrogen-bond donors (Lipinski definition) is 4. The molecule has 0 aliphatic carbocycles. The number of thiocarbonyl (C=S) groups is 2. The molecule has 0 unspecified atom stereocenters. The van der Waals surface area contributed by atoms with Gasteiger partial charge in [-0.05, 0) is 73.4 Å². The summed E-state index contributed by atoms with van der Waals surface area (Å²) in [6.07, 6.45) is 11.6. The Kier molecular flexibility index (Phi) is 11.2. The van der Waals surface area contributed by atoms with Crippen molar-refractivity contribution in [1.29, 1.82) is 0 Å². The summed E-state index contributed by atoms with van der Waals surface area (Å²) in [6, 6.07) is 4.31. The molecular weight excluding hydrogens is 360 g/mol. The highest BCUT2D eigenvalue weighted by atomic mass is 32.1. The molecule has 0 spiro atoms. The van der Waals surface area contributed by atoms with Crippen LogP contribution in [0.15, 0.2) is 12.1 Å². The van der Waals surface area contributed by atoms with Crippen molar-refractivity contribution in [2.45, 2.75) is 78.1 Å². The maximum absolute atomic E-state index is 5.74. The van der Waals surface area contributed by atoms with Crippen LogP contribution >= 0.6 is 24.4 Å². The van der Waals surface area contributed by atoms with Gasteiger partial charge in [-0.3, -0.25) is 0 Å². The van der Waals surface area contributed by atoms with Gasteiger partial charge in [0.1, 0.15) is 0 Å². The molecule has 0 heterocycles. The van der Waals surface area contributed by atoms with Crippen molar-refractivity contribution >= 4 is 46.0 Å². The molecule has 146 valence electrons. The van der Waals surface area contributed by atoms with Gasteiger partial charge in [-0.25, -0.2) is 0 Å². The van der Waals surface area contributed by atoms with Crippen LogP contribution in [0.1, 0.15) is 76.3 Å². The Labute approximate surface area is 169 Å². The van der Waals surface area contributed by atoms with Crippen molar-refractivity contribution in [3.63, 3.8) is 0 Å². The van der Waals surface area contributed by atoms with E-state index in [-0.39, 0.29) is 0 Å². The molecule has 0 fully saturated rings. The minimum atomic E-state index is 0.298. The normalized spacial score (nSPS) is 10.5. The van der Waals surface area contributed by atoms with Crippen molar-refractivity contribution in [3.05, 3.63) is 23.3 Å². The number of anilines is 2. The van der Waals surface area contributed by atoms with Gasteiger partial charge in [0.05, 0.1) is 0 Å². The number of nitrogens with one attached hydrogen (secondary N) is 2. The van der Waals surface area contributed by atoms with Crippen LogP contribution in [0.2, 0.25) is 0 Å². The molecule has 26 heavy (non-hydrogen) atoms. The van der Waals surface area contributed by atoms with Gasteiger partial charge < -0.3 is 22.1 Å². The minimum absolute atomic E-state index is 0.298. The van der Waals surface area contributed by atoms with E-state index >= 15 is 0 Å². The van der Waals surface area contributed by atoms with Crippen molar-refractivity contribution in [2.24, 2.45) is 11.5 Å². The van der Waals surface area contributed by atoms with Crippen LogP contribution in [-0.4, -0.2) is 10.2 Å². The van der Waals surface area contributed by atoms with Gasteiger partial charge >= 0.3 is 0 Å². The summed E-state index contributed by atoms with van der Waals surface area (Å²) in [5, 5.41) is 6.90. The summed E-state index contributed by atoms with van der Waals surface area (Å²) < 4.78 is 0. The SMILES string of the molecule is CCCCCCc1cc(NC(N)=S)c(CCCCCC)cc1NC(N)=S. The molecule has 0 aliphatic heterocycles. The monoisotopic (exact) mass is 394 g/mol. The zero-order chi connectivity index (χ0) is 19.4. The molecule has 1 aromatic rings. The lowest BCUT2D eigenvalue weighted by molar-refractivity contribution is 0.664. The molecule has 1 rings (SSSR count). The second-order valence-corrected chi connectivity index (χ2v) is 7.65. The molecule has 0 atom stereocenters. The Morgan fingerprint density at radius 1 is 0.731 bits per heavy atom. The van der Waals surface area contributed by atoms with E-state index in [4.69, 9.17) is 35.9 Å². The molecule has 0 saturated heterocycles. The first-order valence-electron chi connectivity index (χ1n) is 9.76. The van der Waals surface area contributed by atoms with E-state index in [1.807, 2.05) is 0 Å². The Bertz CT molecular complexity index is 536. The highest BCUT2D eigenvalue weighted by Crippen LogP contribution is 2.29. The van der Waals surface area contributed by atoms with Crippen LogP contribution in [0.5, 0.6) is 0 Å². The zero-order valence-corrected chi connectivity index (χ0v) is 17.8. The molecule has 0 amide bonds. The van der Waals surface area contributed by atoms with E-state index in [0.29, 0.717) is 10.2 Å². The van der Waals surface area contributed by atoms with Crippen LogP contribution in [-0.2, 0) is 12.8 Å². The van der Waals surface area contributed by atoms with E-state index in [9.17, 15) is 0 Å². The van der Waals surface area contributed by atoms with Gasteiger partial charge in [-0.15, -0.1) is 0 Å². The van der Waals surface area contributed by atoms with Crippen molar-refractivity contribution < 1.29 is 0 Å². The van der Waals surface area contributed by atoms with Crippen LogP contribution in [0.4, 0.5) is 11.4 Å². The van der Waals surface area contributed by atoms with E-state index in [1.54, 1.807) is 0 Å². The molecule has 0 aromatic heterocycles. The van der Waals surface area contributed by atoms with Crippen molar-refractivity contribution in [2.75, 3.05) is 10.6 Å². The first-order chi connectivity index (χ1) is 12.5. The topological polar surface area (TPSA) is 76.1 Å². The highest BCUT2D eigenvalue weighted by Gasteiger charge is 2.11. The quantitative estimate of drug-likeness (QED) is 0.287. The largest absolute Gasteiger partial charge is 0.376 e. The highest BCUT2D eigenvalue weighted by molar-refractivity contribution is 7.80.